The number of hydrogen-bond donors (Lipinski definition) is 4. The number of hydrogen-bond acceptors (Lipinski definition) is 4. The van der Waals surface area contributed by atoms with Crippen LogP contribution in [-0.4, -0.2) is 23.5 Å². The lowest BCUT2D eigenvalue weighted by molar-refractivity contribution is 0.241. The van der Waals surface area contributed by atoms with Crippen molar-refractivity contribution >= 4 is 23.5 Å². The molecule has 112 valence electrons. The van der Waals surface area contributed by atoms with Gasteiger partial charge in [0.05, 0.1) is 0 Å². The smallest absolute Gasteiger partial charge is 0.332 e. The zero-order valence-electron chi connectivity index (χ0n) is 11.5. The molecule has 4 saturated carbocycles. The van der Waals surface area contributed by atoms with E-state index >= 15 is 0 Å². The minimum atomic E-state index is -0.634. The van der Waals surface area contributed by atoms with Gasteiger partial charge in [-0.3, -0.25) is 0 Å². The van der Waals surface area contributed by atoms with Gasteiger partial charge in [-0.2, -0.15) is 10.2 Å². The molecule has 4 amide bonds. The Morgan fingerprint density at radius 3 is 1.67 bits per heavy atom. The van der Waals surface area contributed by atoms with Gasteiger partial charge in [0.25, 0.3) is 0 Å². The summed E-state index contributed by atoms with van der Waals surface area (Å²) in [4.78, 5) is 21.7. The number of fused-ring (bicyclic) bond motifs is 2. The molecule has 4 aliphatic rings. The Kier molecular flexibility index (Phi) is 2.51. The highest BCUT2D eigenvalue weighted by molar-refractivity contribution is 6.01. The number of nitrogens with two attached hydrogens (primary N) is 2. The third-order valence-corrected chi connectivity index (χ3v) is 5.78. The zero-order valence-corrected chi connectivity index (χ0v) is 11.5. The van der Waals surface area contributed by atoms with Crippen LogP contribution in [0, 0.1) is 35.5 Å². The summed E-state index contributed by atoms with van der Waals surface area (Å²) in [5.41, 5.74) is 17.0. The van der Waals surface area contributed by atoms with Crippen LogP contribution in [0.2, 0.25) is 0 Å². The van der Waals surface area contributed by atoms with Crippen LogP contribution in [-0.2, 0) is 0 Å². The highest BCUT2D eigenvalue weighted by Gasteiger charge is 2.67. The van der Waals surface area contributed by atoms with Crippen molar-refractivity contribution in [3.63, 3.8) is 0 Å². The van der Waals surface area contributed by atoms with E-state index in [0.29, 0.717) is 35.5 Å². The monoisotopic (exact) mass is 290 g/mol. The highest BCUT2D eigenvalue weighted by atomic mass is 16.2. The number of amides is 4. The first-order chi connectivity index (χ1) is 10.1. The molecule has 2 bridgehead atoms. The second-order valence-electron chi connectivity index (χ2n) is 6.51. The molecule has 4 aliphatic carbocycles. The maximum Gasteiger partial charge on any atom is 0.332 e. The van der Waals surface area contributed by atoms with Crippen molar-refractivity contribution in [2.75, 3.05) is 0 Å². The average Bonchev–Trinajstić information content (AvgIpc) is 3.03. The van der Waals surface area contributed by atoms with Crippen molar-refractivity contribution in [1.29, 1.82) is 0 Å². The van der Waals surface area contributed by atoms with Crippen molar-refractivity contribution < 1.29 is 9.59 Å². The topological polar surface area (TPSA) is 135 Å². The van der Waals surface area contributed by atoms with Crippen molar-refractivity contribution in [1.82, 2.24) is 10.9 Å². The van der Waals surface area contributed by atoms with E-state index in [1.54, 1.807) is 0 Å². The first-order valence-corrected chi connectivity index (χ1v) is 7.30. The standard InChI is InChI=1S/C13H18N6O2/c14-12(20)18-16-8-2-4-5-3-9(17-19-13(15)21)11-7(5)1-6(4)10(8)11/h4-7,10-11H,1-3H2,(H3,14,18,20)(H3,15,19,21)/b16-8+,17-9?. The molecule has 8 nitrogen and oxygen atoms in total. The normalized spacial score (nSPS) is 45.5. The van der Waals surface area contributed by atoms with Gasteiger partial charge in [0.2, 0.25) is 0 Å². The molecule has 0 aromatic carbocycles. The Morgan fingerprint density at radius 2 is 1.29 bits per heavy atom. The number of nitrogens with zero attached hydrogens (tertiary/aromatic N) is 2. The minimum Gasteiger partial charge on any atom is -0.350 e. The van der Waals surface area contributed by atoms with Gasteiger partial charge in [0.15, 0.2) is 0 Å². The van der Waals surface area contributed by atoms with Crippen molar-refractivity contribution in [2.45, 2.75) is 19.3 Å². The van der Waals surface area contributed by atoms with Crippen molar-refractivity contribution in [3.05, 3.63) is 0 Å². The van der Waals surface area contributed by atoms with E-state index in [2.05, 4.69) is 21.1 Å². The predicted octanol–water partition coefficient (Wildman–Crippen LogP) is -0.0431. The third kappa shape index (κ3) is 1.68. The Balaban J connectivity index is 1.63. The van der Waals surface area contributed by atoms with Crippen LogP contribution in [0.25, 0.3) is 0 Å². The largest absolute Gasteiger partial charge is 0.350 e. The molecule has 6 atom stereocenters. The quantitative estimate of drug-likeness (QED) is 0.531. The van der Waals surface area contributed by atoms with E-state index in [1.807, 2.05) is 0 Å². The molecule has 0 aromatic rings. The molecule has 0 heterocycles. The predicted molar refractivity (Wildman–Crippen MR) is 75.1 cm³/mol. The molecule has 4 fully saturated rings. The molecule has 0 spiro atoms. The summed E-state index contributed by atoms with van der Waals surface area (Å²) in [5.74, 6) is 3.20. The van der Waals surface area contributed by atoms with E-state index < -0.39 is 12.1 Å². The molecule has 8 heteroatoms. The van der Waals surface area contributed by atoms with Gasteiger partial charge in [-0.25, -0.2) is 20.4 Å². The number of primary amides is 2. The minimum absolute atomic E-state index is 0.332. The maximum absolute atomic E-state index is 10.9. The summed E-state index contributed by atoms with van der Waals surface area (Å²) in [6.45, 7) is 0. The Hall–Kier alpha value is -2.12. The number of carbonyl (C=O) groups is 2. The van der Waals surface area contributed by atoms with E-state index in [1.165, 1.54) is 6.42 Å². The first-order valence-electron chi connectivity index (χ1n) is 7.30. The summed E-state index contributed by atoms with van der Waals surface area (Å²) in [5, 5.41) is 8.43. The molecular weight excluding hydrogens is 272 g/mol. The molecule has 0 aromatic heterocycles. The Bertz CT molecular complexity index is 531. The zero-order chi connectivity index (χ0) is 14.7. The summed E-state index contributed by atoms with van der Waals surface area (Å²) >= 11 is 0. The summed E-state index contributed by atoms with van der Waals surface area (Å²) < 4.78 is 0. The van der Waals surface area contributed by atoms with Gasteiger partial charge >= 0.3 is 12.1 Å². The second kappa shape index (κ2) is 4.19. The number of nitrogens with one attached hydrogen (secondary N) is 2. The fourth-order valence-corrected chi connectivity index (χ4v) is 5.42. The lowest BCUT2D eigenvalue weighted by atomic mass is 9.79. The highest BCUT2D eigenvalue weighted by Crippen LogP contribution is 2.68. The van der Waals surface area contributed by atoms with E-state index in [0.717, 1.165) is 24.3 Å². The Labute approximate surface area is 121 Å². The van der Waals surface area contributed by atoms with Crippen LogP contribution < -0.4 is 22.3 Å². The second-order valence-corrected chi connectivity index (χ2v) is 6.51. The van der Waals surface area contributed by atoms with Crippen LogP contribution in [0.5, 0.6) is 0 Å². The van der Waals surface area contributed by atoms with Crippen LogP contribution in [0.15, 0.2) is 10.2 Å². The number of hydrazone groups is 2. The molecule has 0 saturated heterocycles. The maximum atomic E-state index is 10.9. The average molecular weight is 290 g/mol. The van der Waals surface area contributed by atoms with Crippen LogP contribution in [0.3, 0.4) is 0 Å². The number of carbonyl (C=O) groups excluding carboxylic acids is 2. The molecule has 6 unspecified atom stereocenters. The SMILES string of the molecule is NC(=O)NN=C1CC2C3C/C(=N\NC(N)=O)C4C3CC2C14. The molecule has 0 aliphatic heterocycles. The fourth-order valence-electron chi connectivity index (χ4n) is 5.42. The van der Waals surface area contributed by atoms with Crippen molar-refractivity contribution in [2.24, 2.45) is 57.2 Å². The fraction of sp³-hybridized carbons (Fsp3) is 0.692. The van der Waals surface area contributed by atoms with Gasteiger partial charge in [-0.15, -0.1) is 0 Å². The molecule has 6 N–H and O–H groups in total. The Morgan fingerprint density at radius 1 is 0.857 bits per heavy atom. The van der Waals surface area contributed by atoms with Crippen LogP contribution in [0.1, 0.15) is 19.3 Å². The molecular formula is C13H18N6O2. The van der Waals surface area contributed by atoms with E-state index in [9.17, 15) is 9.59 Å². The molecule has 4 rings (SSSR count). The van der Waals surface area contributed by atoms with Gasteiger partial charge < -0.3 is 11.5 Å². The van der Waals surface area contributed by atoms with Gasteiger partial charge in [0, 0.05) is 23.3 Å². The lowest BCUT2D eigenvalue weighted by Crippen LogP contribution is -2.32. The van der Waals surface area contributed by atoms with E-state index in [-0.39, 0.29) is 0 Å². The van der Waals surface area contributed by atoms with Gasteiger partial charge in [-0.05, 0) is 42.9 Å². The summed E-state index contributed by atoms with van der Waals surface area (Å²) in [6, 6.07) is -1.27. The third-order valence-electron chi connectivity index (χ3n) is 5.78. The molecule has 21 heavy (non-hydrogen) atoms. The first kappa shape index (κ1) is 12.6. The van der Waals surface area contributed by atoms with Crippen LogP contribution >= 0.6 is 0 Å². The number of rotatable bonds is 2. The summed E-state index contributed by atoms with van der Waals surface area (Å²) in [7, 11) is 0. The van der Waals surface area contributed by atoms with Crippen LogP contribution in [0.4, 0.5) is 9.59 Å². The van der Waals surface area contributed by atoms with Gasteiger partial charge in [-0.1, -0.05) is 0 Å². The lowest BCUT2D eigenvalue weighted by Gasteiger charge is -2.24. The van der Waals surface area contributed by atoms with Gasteiger partial charge in [0.1, 0.15) is 0 Å². The number of urea groups is 2. The van der Waals surface area contributed by atoms with E-state index in [4.69, 9.17) is 11.5 Å². The molecule has 0 radical (unpaired) electrons. The summed E-state index contributed by atoms with van der Waals surface area (Å²) in [6.07, 6.45) is 3.10. The van der Waals surface area contributed by atoms with Crippen molar-refractivity contribution in [3.8, 4) is 0 Å².